The molecular weight excluding hydrogens is 227 g/mol. The lowest BCUT2D eigenvalue weighted by atomic mass is 10.3. The van der Waals surface area contributed by atoms with E-state index in [9.17, 15) is 18.0 Å². The van der Waals surface area contributed by atoms with Crippen molar-refractivity contribution in [3.8, 4) is 0 Å². The number of nitrogens with one attached hydrogen (secondary N) is 1. The maximum Gasteiger partial charge on any atom is 0.449 e. The van der Waals surface area contributed by atoms with E-state index in [1.165, 1.54) is 0 Å². The van der Waals surface area contributed by atoms with Gasteiger partial charge in [-0.05, 0) is 6.07 Å². The van der Waals surface area contributed by atoms with Crippen LogP contribution in [0, 0.1) is 5.41 Å². The molecule has 0 atom stereocenters. The standard InChI is InChI=1S/C8H8F3N3O2/c9-8(10,11)6-1-5(3-16-6)2-14(4-12)7(13)15/h1,3-4,12H,2H2,(H2,13,15). The van der Waals surface area contributed by atoms with Gasteiger partial charge in [-0.2, -0.15) is 13.2 Å². The summed E-state index contributed by atoms with van der Waals surface area (Å²) in [7, 11) is 0. The first-order valence-corrected chi connectivity index (χ1v) is 4.06. The lowest BCUT2D eigenvalue weighted by Gasteiger charge is -2.11. The molecule has 1 aromatic heterocycles. The second-order valence-corrected chi connectivity index (χ2v) is 2.91. The number of carbonyl (C=O) groups is 1. The van der Waals surface area contributed by atoms with Gasteiger partial charge in [0.25, 0.3) is 0 Å². The molecule has 0 aromatic carbocycles. The molecule has 5 nitrogen and oxygen atoms in total. The Morgan fingerprint density at radius 2 is 2.25 bits per heavy atom. The summed E-state index contributed by atoms with van der Waals surface area (Å²) in [6, 6.07) is -0.177. The molecular formula is C8H8F3N3O2. The number of furan rings is 1. The number of hydrogen-bond acceptors (Lipinski definition) is 3. The fourth-order valence-corrected chi connectivity index (χ4v) is 0.991. The van der Waals surface area contributed by atoms with Gasteiger partial charge in [0.2, 0.25) is 5.76 Å². The van der Waals surface area contributed by atoms with Gasteiger partial charge in [-0.25, -0.2) is 4.79 Å². The molecule has 0 aliphatic heterocycles. The quantitative estimate of drug-likeness (QED) is 0.618. The van der Waals surface area contributed by atoms with E-state index in [0.29, 0.717) is 6.34 Å². The SMILES string of the molecule is N=CN(Cc1coc(C(F)(F)F)c1)C(N)=O. The van der Waals surface area contributed by atoms with Crippen LogP contribution in [0.2, 0.25) is 0 Å². The maximum atomic E-state index is 12.1. The summed E-state index contributed by atoms with van der Waals surface area (Å²) < 4.78 is 40.7. The Kier molecular flexibility index (Phi) is 3.21. The molecule has 0 fully saturated rings. The Morgan fingerprint density at radius 1 is 1.62 bits per heavy atom. The van der Waals surface area contributed by atoms with Crippen LogP contribution in [0.5, 0.6) is 0 Å². The van der Waals surface area contributed by atoms with Gasteiger partial charge in [-0.1, -0.05) is 0 Å². The second-order valence-electron chi connectivity index (χ2n) is 2.91. The van der Waals surface area contributed by atoms with Crippen molar-refractivity contribution in [1.29, 1.82) is 5.41 Å². The van der Waals surface area contributed by atoms with E-state index in [1.54, 1.807) is 0 Å². The second kappa shape index (κ2) is 4.25. The van der Waals surface area contributed by atoms with Crippen LogP contribution < -0.4 is 5.73 Å². The normalized spacial score (nSPS) is 11.2. The lowest BCUT2D eigenvalue weighted by molar-refractivity contribution is -0.153. The zero-order valence-electron chi connectivity index (χ0n) is 7.91. The number of primary amides is 1. The Morgan fingerprint density at radius 3 is 2.62 bits per heavy atom. The molecule has 0 radical (unpaired) electrons. The van der Waals surface area contributed by atoms with Gasteiger partial charge in [-0.15, -0.1) is 0 Å². The average Bonchev–Trinajstić information content (AvgIpc) is 2.61. The number of nitrogens with two attached hydrogens (primary N) is 1. The van der Waals surface area contributed by atoms with Crippen LogP contribution in [-0.4, -0.2) is 17.3 Å². The van der Waals surface area contributed by atoms with E-state index in [-0.39, 0.29) is 12.1 Å². The predicted octanol–water partition coefficient (Wildman–Crippen LogP) is 1.79. The molecule has 2 amide bonds. The highest BCUT2D eigenvalue weighted by molar-refractivity contribution is 5.83. The first kappa shape index (κ1) is 12.1. The molecule has 0 saturated heterocycles. The first-order chi connectivity index (χ1) is 7.34. The largest absolute Gasteiger partial charge is 0.459 e. The molecule has 0 aliphatic rings. The number of nitrogens with zero attached hydrogens (tertiary/aromatic N) is 1. The summed E-state index contributed by atoms with van der Waals surface area (Å²) in [6.45, 7) is -0.238. The maximum absolute atomic E-state index is 12.1. The fraction of sp³-hybridized carbons (Fsp3) is 0.250. The zero-order valence-corrected chi connectivity index (χ0v) is 7.91. The van der Waals surface area contributed by atoms with Crippen molar-refractivity contribution in [2.45, 2.75) is 12.7 Å². The fourth-order valence-electron chi connectivity index (χ4n) is 0.991. The summed E-state index contributed by atoms with van der Waals surface area (Å²) in [5, 5.41) is 6.82. The van der Waals surface area contributed by atoms with E-state index < -0.39 is 18.0 Å². The molecule has 16 heavy (non-hydrogen) atoms. The van der Waals surface area contributed by atoms with Crippen molar-refractivity contribution in [2.24, 2.45) is 5.73 Å². The summed E-state index contributed by atoms with van der Waals surface area (Å²) in [5.74, 6) is -1.16. The van der Waals surface area contributed by atoms with Gasteiger partial charge < -0.3 is 10.2 Å². The van der Waals surface area contributed by atoms with Gasteiger partial charge >= 0.3 is 12.2 Å². The highest BCUT2D eigenvalue weighted by Gasteiger charge is 2.34. The molecule has 88 valence electrons. The van der Waals surface area contributed by atoms with Crippen molar-refractivity contribution in [1.82, 2.24) is 4.90 Å². The van der Waals surface area contributed by atoms with Crippen LogP contribution in [-0.2, 0) is 12.7 Å². The van der Waals surface area contributed by atoms with E-state index in [4.69, 9.17) is 11.1 Å². The molecule has 0 unspecified atom stereocenters. The molecule has 0 saturated carbocycles. The van der Waals surface area contributed by atoms with Crippen LogP contribution in [0.3, 0.4) is 0 Å². The lowest BCUT2D eigenvalue weighted by Crippen LogP contribution is -2.33. The minimum absolute atomic E-state index is 0.106. The predicted molar refractivity (Wildman–Crippen MR) is 47.6 cm³/mol. The van der Waals surface area contributed by atoms with Crippen LogP contribution >= 0.6 is 0 Å². The molecule has 1 aromatic rings. The average molecular weight is 235 g/mol. The molecule has 1 rings (SSSR count). The number of alkyl halides is 3. The minimum atomic E-state index is -4.57. The van der Waals surface area contributed by atoms with Crippen molar-refractivity contribution >= 4 is 12.4 Å². The van der Waals surface area contributed by atoms with Gasteiger partial charge in [0.05, 0.1) is 19.1 Å². The summed E-state index contributed by atoms with van der Waals surface area (Å²) >= 11 is 0. The number of amides is 2. The third-order valence-corrected chi connectivity index (χ3v) is 1.72. The molecule has 0 spiro atoms. The van der Waals surface area contributed by atoms with Crippen LogP contribution in [0.15, 0.2) is 16.7 Å². The Bertz CT molecular complexity index is 399. The van der Waals surface area contributed by atoms with Gasteiger partial charge in [0.1, 0.15) is 0 Å². The molecule has 3 N–H and O–H groups in total. The van der Waals surface area contributed by atoms with Gasteiger partial charge in [0, 0.05) is 5.56 Å². The summed E-state index contributed by atoms with van der Waals surface area (Å²) in [5.41, 5.74) is 4.98. The van der Waals surface area contributed by atoms with E-state index in [2.05, 4.69) is 4.42 Å². The van der Waals surface area contributed by atoms with E-state index in [0.717, 1.165) is 17.2 Å². The Labute approximate surface area is 88.1 Å². The number of halogens is 3. The Hall–Kier alpha value is -1.99. The molecule has 0 aliphatic carbocycles. The van der Waals surface area contributed by atoms with Crippen LogP contribution in [0.25, 0.3) is 0 Å². The molecule has 8 heteroatoms. The zero-order chi connectivity index (χ0) is 12.3. The number of rotatable bonds is 3. The van der Waals surface area contributed by atoms with Crippen LogP contribution in [0.1, 0.15) is 11.3 Å². The summed E-state index contributed by atoms with van der Waals surface area (Å²) in [6.07, 6.45) is -3.08. The number of hydrogen-bond donors (Lipinski definition) is 2. The smallest absolute Gasteiger partial charge is 0.449 e. The molecule has 0 bridgehead atoms. The highest BCUT2D eigenvalue weighted by atomic mass is 19.4. The van der Waals surface area contributed by atoms with Crippen molar-refractivity contribution < 1.29 is 22.4 Å². The van der Waals surface area contributed by atoms with Crippen molar-refractivity contribution in [3.05, 3.63) is 23.7 Å². The Balaban J connectivity index is 2.79. The molecule has 1 heterocycles. The minimum Gasteiger partial charge on any atom is -0.459 e. The van der Waals surface area contributed by atoms with Crippen molar-refractivity contribution in [2.75, 3.05) is 0 Å². The third-order valence-electron chi connectivity index (χ3n) is 1.72. The van der Waals surface area contributed by atoms with Crippen LogP contribution in [0.4, 0.5) is 18.0 Å². The number of urea groups is 1. The van der Waals surface area contributed by atoms with Gasteiger partial charge in [0.15, 0.2) is 0 Å². The number of carbonyl (C=O) groups excluding carboxylic acids is 1. The topological polar surface area (TPSA) is 83.3 Å². The first-order valence-electron chi connectivity index (χ1n) is 4.06. The monoisotopic (exact) mass is 235 g/mol. The van der Waals surface area contributed by atoms with E-state index >= 15 is 0 Å². The highest BCUT2D eigenvalue weighted by Crippen LogP contribution is 2.30. The van der Waals surface area contributed by atoms with E-state index in [1.807, 2.05) is 0 Å². The van der Waals surface area contributed by atoms with Crippen molar-refractivity contribution in [3.63, 3.8) is 0 Å². The third kappa shape index (κ3) is 2.75. The summed E-state index contributed by atoms with van der Waals surface area (Å²) in [4.78, 5) is 11.4. The van der Waals surface area contributed by atoms with Gasteiger partial charge in [-0.3, -0.25) is 10.3 Å².